The van der Waals surface area contributed by atoms with Gasteiger partial charge in [-0.1, -0.05) is 0 Å². The molecule has 0 saturated heterocycles. The molecular weight excluding hydrogens is 282 g/mol. The summed E-state index contributed by atoms with van der Waals surface area (Å²) in [4.78, 5) is 24.0. The van der Waals surface area contributed by atoms with Crippen molar-refractivity contribution in [2.24, 2.45) is 0 Å². The number of rotatable bonds is 6. The van der Waals surface area contributed by atoms with Gasteiger partial charge in [-0.15, -0.1) is 0 Å². The summed E-state index contributed by atoms with van der Waals surface area (Å²) in [6, 6.07) is 3.70. The summed E-state index contributed by atoms with van der Waals surface area (Å²) in [5.74, 6) is 0.695. The van der Waals surface area contributed by atoms with Crippen molar-refractivity contribution in [3.05, 3.63) is 36.5 Å². The minimum absolute atomic E-state index is 0.0769. The minimum Gasteiger partial charge on any atom is -0.475 e. The first-order valence-electron chi connectivity index (χ1n) is 7.18. The maximum atomic E-state index is 11.4. The van der Waals surface area contributed by atoms with Gasteiger partial charge in [-0.05, 0) is 26.8 Å². The second-order valence-electron chi connectivity index (χ2n) is 4.92. The quantitative estimate of drug-likeness (QED) is 0.763. The maximum Gasteiger partial charge on any atom is 0.313 e. The summed E-state index contributed by atoms with van der Waals surface area (Å²) in [7, 11) is 0. The molecule has 0 unspecified atom stereocenters. The van der Waals surface area contributed by atoms with E-state index in [1.165, 1.54) is 0 Å². The van der Waals surface area contributed by atoms with Crippen molar-refractivity contribution < 1.29 is 14.3 Å². The number of esters is 1. The number of aromatic nitrogens is 3. The molecule has 0 aromatic carbocycles. The van der Waals surface area contributed by atoms with Crippen LogP contribution in [0.4, 0.5) is 0 Å². The lowest BCUT2D eigenvalue weighted by Crippen LogP contribution is -2.10. The normalized spacial score (nSPS) is 10.5. The third-order valence-electron chi connectivity index (χ3n) is 2.74. The van der Waals surface area contributed by atoms with E-state index >= 15 is 0 Å². The highest BCUT2D eigenvalue weighted by Gasteiger charge is 2.07. The summed E-state index contributed by atoms with van der Waals surface area (Å²) in [6.45, 7) is 6.02. The number of ether oxygens (including phenoxy) is 2. The zero-order valence-corrected chi connectivity index (χ0v) is 12.9. The van der Waals surface area contributed by atoms with Gasteiger partial charge in [0.2, 0.25) is 5.88 Å². The Bertz CT molecular complexity index is 610. The van der Waals surface area contributed by atoms with Crippen LogP contribution in [-0.2, 0) is 16.0 Å². The van der Waals surface area contributed by atoms with E-state index in [9.17, 15) is 4.79 Å². The molecule has 0 amide bonds. The molecule has 2 aromatic heterocycles. The fraction of sp³-hybridized carbons (Fsp3) is 0.375. The van der Waals surface area contributed by atoms with Gasteiger partial charge in [0.05, 0.1) is 12.7 Å². The first-order chi connectivity index (χ1) is 10.6. The van der Waals surface area contributed by atoms with Crippen LogP contribution in [-0.4, -0.2) is 33.6 Å². The van der Waals surface area contributed by atoms with Gasteiger partial charge in [-0.2, -0.15) is 0 Å². The van der Waals surface area contributed by atoms with Crippen LogP contribution in [0.2, 0.25) is 0 Å². The second kappa shape index (κ2) is 7.49. The molecule has 2 aromatic rings. The van der Waals surface area contributed by atoms with Crippen LogP contribution >= 0.6 is 0 Å². The molecule has 0 bridgehead atoms. The third kappa shape index (κ3) is 4.51. The Morgan fingerprint density at radius 1 is 1.09 bits per heavy atom. The van der Waals surface area contributed by atoms with Crippen molar-refractivity contribution in [2.45, 2.75) is 33.3 Å². The highest BCUT2D eigenvalue weighted by molar-refractivity contribution is 5.71. The molecule has 6 nitrogen and oxygen atoms in total. The van der Waals surface area contributed by atoms with Crippen molar-refractivity contribution in [1.82, 2.24) is 15.0 Å². The Balaban J connectivity index is 2.05. The molecule has 0 atom stereocenters. The molecule has 0 spiro atoms. The second-order valence-corrected chi connectivity index (χ2v) is 4.92. The van der Waals surface area contributed by atoms with E-state index in [2.05, 4.69) is 15.0 Å². The zero-order valence-electron chi connectivity index (χ0n) is 12.9. The number of nitrogens with zero attached hydrogens (tertiary/aromatic N) is 3. The van der Waals surface area contributed by atoms with Crippen molar-refractivity contribution in [3.63, 3.8) is 0 Å². The number of carbonyl (C=O) groups is 1. The lowest BCUT2D eigenvalue weighted by Gasteiger charge is -2.08. The molecule has 6 heteroatoms. The van der Waals surface area contributed by atoms with Crippen LogP contribution in [0.25, 0.3) is 11.1 Å². The SMILES string of the molecule is CCOC(=O)Cc1ncc(-c2ccc(OC(C)C)nc2)cn1. The monoisotopic (exact) mass is 301 g/mol. The molecule has 0 radical (unpaired) electrons. The molecule has 0 aliphatic rings. The largest absolute Gasteiger partial charge is 0.475 e. The Labute approximate surface area is 129 Å². The fourth-order valence-electron chi connectivity index (χ4n) is 1.80. The van der Waals surface area contributed by atoms with Crippen molar-refractivity contribution >= 4 is 5.97 Å². The van der Waals surface area contributed by atoms with Gasteiger partial charge in [0.15, 0.2) is 0 Å². The van der Waals surface area contributed by atoms with E-state index in [0.29, 0.717) is 18.3 Å². The first-order valence-corrected chi connectivity index (χ1v) is 7.18. The number of hydrogen-bond acceptors (Lipinski definition) is 6. The van der Waals surface area contributed by atoms with E-state index in [1.54, 1.807) is 25.5 Å². The zero-order chi connectivity index (χ0) is 15.9. The van der Waals surface area contributed by atoms with Gasteiger partial charge < -0.3 is 9.47 Å². The topological polar surface area (TPSA) is 74.2 Å². The summed E-state index contributed by atoms with van der Waals surface area (Å²) in [6.07, 6.45) is 5.21. The highest BCUT2D eigenvalue weighted by Crippen LogP contribution is 2.19. The molecule has 0 saturated carbocycles. The summed E-state index contributed by atoms with van der Waals surface area (Å²) >= 11 is 0. The van der Waals surface area contributed by atoms with E-state index in [1.807, 2.05) is 26.0 Å². The molecule has 2 rings (SSSR count). The lowest BCUT2D eigenvalue weighted by atomic mass is 10.1. The van der Waals surface area contributed by atoms with Crippen molar-refractivity contribution in [3.8, 4) is 17.0 Å². The predicted molar refractivity (Wildman–Crippen MR) is 81.4 cm³/mol. The minimum atomic E-state index is -0.327. The number of carbonyl (C=O) groups excluding carboxylic acids is 1. The average Bonchev–Trinajstić information content (AvgIpc) is 2.48. The van der Waals surface area contributed by atoms with Gasteiger partial charge in [0.25, 0.3) is 0 Å². The van der Waals surface area contributed by atoms with Crippen LogP contribution in [0.1, 0.15) is 26.6 Å². The predicted octanol–water partition coefficient (Wildman–Crippen LogP) is 2.43. The Morgan fingerprint density at radius 3 is 2.32 bits per heavy atom. The Hall–Kier alpha value is -2.50. The average molecular weight is 301 g/mol. The number of hydrogen-bond donors (Lipinski definition) is 0. The summed E-state index contributed by atoms with van der Waals surface area (Å²) in [5, 5.41) is 0. The fourth-order valence-corrected chi connectivity index (χ4v) is 1.80. The van der Waals surface area contributed by atoms with Crippen LogP contribution in [0, 0.1) is 0 Å². The Morgan fingerprint density at radius 2 is 1.77 bits per heavy atom. The van der Waals surface area contributed by atoms with Crippen LogP contribution in [0.15, 0.2) is 30.7 Å². The molecule has 0 aliphatic carbocycles. The van der Waals surface area contributed by atoms with Gasteiger partial charge in [-0.25, -0.2) is 15.0 Å². The number of pyridine rings is 1. The smallest absolute Gasteiger partial charge is 0.313 e. The molecule has 116 valence electrons. The van der Waals surface area contributed by atoms with Crippen LogP contribution < -0.4 is 4.74 Å². The van der Waals surface area contributed by atoms with Crippen LogP contribution in [0.5, 0.6) is 5.88 Å². The Kier molecular flexibility index (Phi) is 5.41. The van der Waals surface area contributed by atoms with Crippen molar-refractivity contribution in [2.75, 3.05) is 6.61 Å². The van der Waals surface area contributed by atoms with Gasteiger partial charge >= 0.3 is 5.97 Å². The molecule has 0 fully saturated rings. The van der Waals surface area contributed by atoms with E-state index in [4.69, 9.17) is 9.47 Å². The van der Waals surface area contributed by atoms with Crippen LogP contribution in [0.3, 0.4) is 0 Å². The molecule has 0 aliphatic heterocycles. The first kappa shape index (κ1) is 15.9. The maximum absolute atomic E-state index is 11.4. The molecule has 0 N–H and O–H groups in total. The molecule has 2 heterocycles. The van der Waals surface area contributed by atoms with Gasteiger partial charge in [0, 0.05) is 35.8 Å². The lowest BCUT2D eigenvalue weighted by molar-refractivity contribution is -0.142. The van der Waals surface area contributed by atoms with Crippen molar-refractivity contribution in [1.29, 1.82) is 0 Å². The van der Waals surface area contributed by atoms with Gasteiger partial charge in [-0.3, -0.25) is 4.79 Å². The van der Waals surface area contributed by atoms with E-state index < -0.39 is 0 Å². The summed E-state index contributed by atoms with van der Waals surface area (Å²) in [5.41, 5.74) is 1.72. The molecule has 22 heavy (non-hydrogen) atoms. The van der Waals surface area contributed by atoms with E-state index in [-0.39, 0.29) is 18.5 Å². The third-order valence-corrected chi connectivity index (χ3v) is 2.74. The standard InChI is InChI=1S/C16H19N3O3/c1-4-21-16(20)7-14-17-9-13(10-18-14)12-5-6-15(19-8-12)22-11(2)3/h5-6,8-11H,4,7H2,1-3H3. The molecular formula is C16H19N3O3. The van der Waals surface area contributed by atoms with Gasteiger partial charge in [0.1, 0.15) is 12.2 Å². The van der Waals surface area contributed by atoms with E-state index in [0.717, 1.165) is 11.1 Å². The summed E-state index contributed by atoms with van der Waals surface area (Å²) < 4.78 is 10.4. The highest BCUT2D eigenvalue weighted by atomic mass is 16.5.